The second kappa shape index (κ2) is 5.61. The standard InChI is InChI=1S/C10H20N2OS/c1-3-7(2)12-9(10(11)13)8-4-5-14-6-8/h7-9,12H,3-6H2,1-2H3,(H2,11,13). The Labute approximate surface area is 90.2 Å². The molecular formula is C10H20N2OS. The minimum absolute atomic E-state index is 0.125. The van der Waals surface area contributed by atoms with Gasteiger partial charge in [0.1, 0.15) is 0 Å². The van der Waals surface area contributed by atoms with E-state index in [-0.39, 0.29) is 11.9 Å². The molecule has 0 aromatic rings. The molecule has 3 atom stereocenters. The maximum absolute atomic E-state index is 11.3. The monoisotopic (exact) mass is 216 g/mol. The molecule has 4 heteroatoms. The zero-order valence-corrected chi connectivity index (χ0v) is 9.77. The molecule has 1 heterocycles. The molecule has 0 radical (unpaired) electrons. The van der Waals surface area contributed by atoms with Crippen molar-refractivity contribution in [2.24, 2.45) is 11.7 Å². The zero-order chi connectivity index (χ0) is 10.6. The molecule has 1 rings (SSSR count). The molecule has 1 saturated heterocycles. The molecule has 1 aliphatic heterocycles. The minimum Gasteiger partial charge on any atom is -0.368 e. The van der Waals surface area contributed by atoms with Crippen molar-refractivity contribution >= 4 is 17.7 Å². The molecule has 3 nitrogen and oxygen atoms in total. The lowest BCUT2D eigenvalue weighted by atomic mass is 9.97. The van der Waals surface area contributed by atoms with Crippen LogP contribution in [-0.2, 0) is 4.79 Å². The number of carbonyl (C=O) groups is 1. The van der Waals surface area contributed by atoms with Crippen molar-refractivity contribution in [3.8, 4) is 0 Å². The molecule has 0 bridgehead atoms. The number of hydrogen-bond donors (Lipinski definition) is 2. The van der Waals surface area contributed by atoms with Gasteiger partial charge >= 0.3 is 0 Å². The van der Waals surface area contributed by atoms with E-state index in [0.29, 0.717) is 12.0 Å². The van der Waals surface area contributed by atoms with Gasteiger partial charge in [0.15, 0.2) is 0 Å². The van der Waals surface area contributed by atoms with Gasteiger partial charge in [-0.25, -0.2) is 0 Å². The van der Waals surface area contributed by atoms with Crippen LogP contribution in [0, 0.1) is 5.92 Å². The first-order valence-electron chi connectivity index (χ1n) is 5.28. The number of nitrogens with one attached hydrogen (secondary N) is 1. The number of hydrogen-bond acceptors (Lipinski definition) is 3. The van der Waals surface area contributed by atoms with Crippen LogP contribution < -0.4 is 11.1 Å². The van der Waals surface area contributed by atoms with E-state index in [4.69, 9.17) is 5.73 Å². The predicted molar refractivity (Wildman–Crippen MR) is 61.3 cm³/mol. The Hall–Kier alpha value is -0.220. The third-order valence-corrected chi connectivity index (χ3v) is 4.01. The first-order valence-corrected chi connectivity index (χ1v) is 6.43. The number of nitrogens with two attached hydrogens (primary N) is 1. The SMILES string of the molecule is CCC(C)NC(C(N)=O)C1CCSC1. The summed E-state index contributed by atoms with van der Waals surface area (Å²) in [7, 11) is 0. The van der Waals surface area contributed by atoms with Crippen LogP contribution in [0.3, 0.4) is 0 Å². The van der Waals surface area contributed by atoms with Crippen molar-refractivity contribution in [3.63, 3.8) is 0 Å². The van der Waals surface area contributed by atoms with Crippen LogP contribution in [0.5, 0.6) is 0 Å². The van der Waals surface area contributed by atoms with E-state index in [1.807, 2.05) is 11.8 Å². The zero-order valence-electron chi connectivity index (χ0n) is 8.95. The Kier molecular flexibility index (Phi) is 4.75. The Morgan fingerprint density at radius 2 is 2.43 bits per heavy atom. The van der Waals surface area contributed by atoms with E-state index in [0.717, 1.165) is 24.3 Å². The number of thioether (sulfide) groups is 1. The summed E-state index contributed by atoms with van der Waals surface area (Å²) >= 11 is 1.91. The minimum atomic E-state index is -0.196. The van der Waals surface area contributed by atoms with E-state index in [1.54, 1.807) is 0 Å². The summed E-state index contributed by atoms with van der Waals surface area (Å²) in [6, 6.07) is 0.248. The topological polar surface area (TPSA) is 55.1 Å². The average Bonchev–Trinajstić information content (AvgIpc) is 2.65. The molecule has 1 fully saturated rings. The van der Waals surface area contributed by atoms with Gasteiger partial charge in [0.05, 0.1) is 6.04 Å². The smallest absolute Gasteiger partial charge is 0.234 e. The van der Waals surface area contributed by atoms with Gasteiger partial charge in [-0.05, 0) is 37.2 Å². The molecule has 0 saturated carbocycles. The number of rotatable bonds is 5. The van der Waals surface area contributed by atoms with Crippen LogP contribution >= 0.6 is 11.8 Å². The summed E-state index contributed by atoms with van der Waals surface area (Å²) in [5.74, 6) is 2.47. The van der Waals surface area contributed by atoms with Gasteiger partial charge in [-0.3, -0.25) is 4.79 Å². The summed E-state index contributed by atoms with van der Waals surface area (Å²) in [4.78, 5) is 11.3. The Morgan fingerprint density at radius 3 is 2.86 bits per heavy atom. The van der Waals surface area contributed by atoms with Gasteiger partial charge in [0, 0.05) is 6.04 Å². The lowest BCUT2D eigenvalue weighted by Gasteiger charge is -2.24. The van der Waals surface area contributed by atoms with E-state index in [1.165, 1.54) is 0 Å². The van der Waals surface area contributed by atoms with E-state index < -0.39 is 0 Å². The summed E-state index contributed by atoms with van der Waals surface area (Å²) < 4.78 is 0. The fraction of sp³-hybridized carbons (Fsp3) is 0.900. The maximum atomic E-state index is 11.3. The predicted octanol–water partition coefficient (Wildman–Crippen LogP) is 0.982. The van der Waals surface area contributed by atoms with Gasteiger partial charge in [0.2, 0.25) is 5.91 Å². The average molecular weight is 216 g/mol. The highest BCUT2D eigenvalue weighted by molar-refractivity contribution is 7.99. The first kappa shape index (κ1) is 11.9. The molecule has 1 aliphatic rings. The van der Waals surface area contributed by atoms with Gasteiger partial charge in [-0.15, -0.1) is 0 Å². The van der Waals surface area contributed by atoms with Crippen molar-refractivity contribution in [1.29, 1.82) is 0 Å². The normalized spacial score (nSPS) is 26.0. The van der Waals surface area contributed by atoms with Crippen molar-refractivity contribution in [2.75, 3.05) is 11.5 Å². The van der Waals surface area contributed by atoms with Crippen molar-refractivity contribution < 1.29 is 4.79 Å². The van der Waals surface area contributed by atoms with Gasteiger partial charge in [-0.2, -0.15) is 11.8 Å². The van der Waals surface area contributed by atoms with Crippen molar-refractivity contribution in [2.45, 2.75) is 38.8 Å². The van der Waals surface area contributed by atoms with Crippen molar-refractivity contribution in [3.05, 3.63) is 0 Å². The number of carbonyl (C=O) groups excluding carboxylic acids is 1. The largest absolute Gasteiger partial charge is 0.368 e. The molecular weight excluding hydrogens is 196 g/mol. The maximum Gasteiger partial charge on any atom is 0.234 e. The van der Waals surface area contributed by atoms with Gasteiger partial charge in [-0.1, -0.05) is 6.92 Å². The van der Waals surface area contributed by atoms with Crippen LogP contribution in [0.1, 0.15) is 26.7 Å². The number of amides is 1. The van der Waals surface area contributed by atoms with Crippen LogP contribution in [0.15, 0.2) is 0 Å². The summed E-state index contributed by atoms with van der Waals surface area (Å²) in [6.07, 6.45) is 2.14. The molecule has 0 aromatic heterocycles. The second-order valence-corrected chi connectivity index (χ2v) is 5.13. The molecule has 0 aliphatic carbocycles. The van der Waals surface area contributed by atoms with E-state index in [9.17, 15) is 4.79 Å². The highest BCUT2D eigenvalue weighted by Crippen LogP contribution is 2.26. The van der Waals surface area contributed by atoms with E-state index in [2.05, 4.69) is 19.2 Å². The Morgan fingerprint density at radius 1 is 1.71 bits per heavy atom. The highest BCUT2D eigenvalue weighted by atomic mass is 32.2. The first-order chi connectivity index (χ1) is 6.65. The highest BCUT2D eigenvalue weighted by Gasteiger charge is 2.29. The molecule has 82 valence electrons. The quantitative estimate of drug-likeness (QED) is 0.720. The Balaban J connectivity index is 2.49. The van der Waals surface area contributed by atoms with Crippen LogP contribution in [-0.4, -0.2) is 29.5 Å². The molecule has 0 aromatic carbocycles. The third-order valence-electron chi connectivity index (χ3n) is 2.82. The lowest BCUT2D eigenvalue weighted by molar-refractivity contribution is -0.121. The molecule has 3 N–H and O–H groups in total. The van der Waals surface area contributed by atoms with Crippen molar-refractivity contribution in [1.82, 2.24) is 5.32 Å². The molecule has 1 amide bonds. The van der Waals surface area contributed by atoms with Crippen LogP contribution in [0.4, 0.5) is 0 Å². The molecule has 14 heavy (non-hydrogen) atoms. The van der Waals surface area contributed by atoms with Crippen LogP contribution in [0.2, 0.25) is 0 Å². The fourth-order valence-corrected chi connectivity index (χ4v) is 2.99. The summed E-state index contributed by atoms with van der Waals surface area (Å²) in [5, 5.41) is 3.32. The van der Waals surface area contributed by atoms with Crippen LogP contribution in [0.25, 0.3) is 0 Å². The lowest BCUT2D eigenvalue weighted by Crippen LogP contribution is -2.49. The Bertz CT molecular complexity index is 193. The number of primary amides is 1. The van der Waals surface area contributed by atoms with Gasteiger partial charge in [0.25, 0.3) is 0 Å². The molecule has 3 unspecified atom stereocenters. The van der Waals surface area contributed by atoms with Gasteiger partial charge < -0.3 is 11.1 Å². The van der Waals surface area contributed by atoms with E-state index >= 15 is 0 Å². The summed E-state index contributed by atoms with van der Waals surface area (Å²) in [6.45, 7) is 4.21. The fourth-order valence-electron chi connectivity index (χ4n) is 1.69. The molecule has 0 spiro atoms. The second-order valence-electron chi connectivity index (χ2n) is 3.98. The summed E-state index contributed by atoms with van der Waals surface area (Å²) in [5.41, 5.74) is 5.41. The third kappa shape index (κ3) is 3.17.